The van der Waals surface area contributed by atoms with Crippen molar-refractivity contribution in [2.75, 3.05) is 5.73 Å². The van der Waals surface area contributed by atoms with E-state index in [4.69, 9.17) is 5.73 Å². The number of nitrogens with zero attached hydrogens (tertiary/aromatic N) is 1. The summed E-state index contributed by atoms with van der Waals surface area (Å²) in [5.74, 6) is 5.17. The van der Waals surface area contributed by atoms with Crippen molar-refractivity contribution in [3.05, 3.63) is 11.3 Å². The molecule has 0 fully saturated rings. The zero-order valence-electron chi connectivity index (χ0n) is 6.01. The molecule has 0 spiro atoms. The third kappa shape index (κ3) is 1.38. The van der Waals surface area contributed by atoms with Gasteiger partial charge in [0.15, 0.2) is 12.1 Å². The van der Waals surface area contributed by atoms with Gasteiger partial charge in [-0.3, -0.25) is 9.89 Å². The van der Waals surface area contributed by atoms with Crippen molar-refractivity contribution in [2.45, 2.75) is 6.92 Å². The van der Waals surface area contributed by atoms with Crippen molar-refractivity contribution in [1.29, 1.82) is 0 Å². The van der Waals surface area contributed by atoms with E-state index in [9.17, 15) is 4.79 Å². The molecule has 0 aliphatic heterocycles. The number of aldehydes is 1. The van der Waals surface area contributed by atoms with Gasteiger partial charge in [-0.2, -0.15) is 5.10 Å². The Morgan fingerprint density at radius 3 is 2.91 bits per heavy atom. The molecule has 0 saturated carbocycles. The van der Waals surface area contributed by atoms with Crippen molar-refractivity contribution < 1.29 is 4.79 Å². The number of aromatic amines is 1. The minimum atomic E-state index is 0.330. The van der Waals surface area contributed by atoms with Gasteiger partial charge in [-0.25, -0.2) is 0 Å². The maximum atomic E-state index is 9.88. The lowest BCUT2D eigenvalue weighted by molar-refractivity contribution is -0.103. The van der Waals surface area contributed by atoms with Crippen LogP contribution in [0.15, 0.2) is 0 Å². The molecule has 1 aromatic rings. The van der Waals surface area contributed by atoms with E-state index in [1.807, 2.05) is 0 Å². The summed E-state index contributed by atoms with van der Waals surface area (Å²) in [6.07, 6.45) is 0.520. The van der Waals surface area contributed by atoms with E-state index < -0.39 is 0 Å². The minimum absolute atomic E-state index is 0.330. The average molecular weight is 149 g/mol. The molecule has 0 atom stereocenters. The number of hydrogen-bond acceptors (Lipinski definition) is 3. The van der Waals surface area contributed by atoms with Crippen LogP contribution in [0.5, 0.6) is 0 Å². The number of nitrogen functional groups attached to an aromatic ring is 1. The number of rotatable bonds is 0. The van der Waals surface area contributed by atoms with Crippen molar-refractivity contribution in [2.24, 2.45) is 0 Å². The second kappa shape index (κ2) is 2.88. The molecule has 3 N–H and O–H groups in total. The van der Waals surface area contributed by atoms with Gasteiger partial charge in [0.05, 0.1) is 5.56 Å². The number of carbonyl (C=O) groups is 1. The van der Waals surface area contributed by atoms with E-state index in [2.05, 4.69) is 22.0 Å². The van der Waals surface area contributed by atoms with Crippen molar-refractivity contribution in [3.8, 4) is 11.8 Å². The lowest BCUT2D eigenvalue weighted by atomic mass is 10.2. The largest absolute Gasteiger partial charge is 0.381 e. The first-order valence-corrected chi connectivity index (χ1v) is 3.01. The molecule has 0 aliphatic carbocycles. The van der Waals surface area contributed by atoms with Gasteiger partial charge in [-0.1, -0.05) is 5.92 Å². The smallest absolute Gasteiger partial charge is 0.193 e. The standard InChI is InChI=1S/C7H7N3O/c1-5-6(3-2-4-11)7(8)10-9-5/h4H,1H3,(H3,8,9,10). The zero-order valence-corrected chi connectivity index (χ0v) is 6.01. The molecule has 4 heteroatoms. The Kier molecular flexibility index (Phi) is 1.93. The van der Waals surface area contributed by atoms with Crippen molar-refractivity contribution >= 4 is 12.1 Å². The quantitative estimate of drug-likeness (QED) is 0.398. The number of carbonyl (C=O) groups excluding carboxylic acids is 1. The molecule has 0 saturated heterocycles. The molecule has 0 aliphatic rings. The Hall–Kier alpha value is -1.76. The molecule has 0 amide bonds. The summed E-state index contributed by atoms with van der Waals surface area (Å²) in [6.45, 7) is 1.79. The fourth-order valence-corrected chi connectivity index (χ4v) is 0.707. The number of aromatic nitrogens is 2. The number of nitrogens with one attached hydrogen (secondary N) is 1. The highest BCUT2D eigenvalue weighted by Crippen LogP contribution is 2.08. The van der Waals surface area contributed by atoms with E-state index in [0.29, 0.717) is 17.7 Å². The Balaban J connectivity index is 3.10. The van der Waals surface area contributed by atoms with Crippen LogP contribution in [0.4, 0.5) is 5.82 Å². The van der Waals surface area contributed by atoms with Gasteiger partial charge in [0.1, 0.15) is 0 Å². The normalized spacial score (nSPS) is 8.45. The first kappa shape index (κ1) is 7.35. The van der Waals surface area contributed by atoms with Gasteiger partial charge in [0.25, 0.3) is 0 Å². The predicted molar refractivity (Wildman–Crippen MR) is 40.7 cm³/mol. The van der Waals surface area contributed by atoms with Gasteiger partial charge in [-0.05, 0) is 12.8 Å². The Bertz CT molecular complexity index is 310. The number of nitrogens with two attached hydrogens (primary N) is 1. The molecular formula is C7H7N3O. The Morgan fingerprint density at radius 2 is 2.45 bits per heavy atom. The van der Waals surface area contributed by atoms with E-state index in [0.717, 1.165) is 5.69 Å². The van der Waals surface area contributed by atoms with Crippen LogP contribution >= 0.6 is 0 Å². The second-order valence-electron chi connectivity index (χ2n) is 2.00. The third-order valence-corrected chi connectivity index (χ3v) is 1.23. The number of hydrogen-bond donors (Lipinski definition) is 2. The molecule has 56 valence electrons. The summed E-state index contributed by atoms with van der Waals surface area (Å²) < 4.78 is 0. The molecule has 11 heavy (non-hydrogen) atoms. The van der Waals surface area contributed by atoms with Gasteiger partial charge in [-0.15, -0.1) is 0 Å². The fraction of sp³-hybridized carbons (Fsp3) is 0.143. The molecular weight excluding hydrogens is 142 g/mol. The van der Waals surface area contributed by atoms with Crippen LogP contribution in [0, 0.1) is 18.8 Å². The van der Waals surface area contributed by atoms with E-state index in [1.165, 1.54) is 0 Å². The van der Waals surface area contributed by atoms with Crippen molar-refractivity contribution in [1.82, 2.24) is 10.2 Å². The predicted octanol–water partition coefficient (Wildman–Crippen LogP) is -0.149. The maximum absolute atomic E-state index is 9.88. The number of anilines is 1. The van der Waals surface area contributed by atoms with Gasteiger partial charge >= 0.3 is 0 Å². The van der Waals surface area contributed by atoms with Crippen LogP contribution in [0.1, 0.15) is 11.3 Å². The monoisotopic (exact) mass is 149 g/mol. The highest BCUT2D eigenvalue weighted by atomic mass is 16.1. The topological polar surface area (TPSA) is 71.8 Å². The third-order valence-electron chi connectivity index (χ3n) is 1.23. The molecule has 0 unspecified atom stereocenters. The van der Waals surface area contributed by atoms with E-state index >= 15 is 0 Å². The summed E-state index contributed by atoms with van der Waals surface area (Å²) >= 11 is 0. The van der Waals surface area contributed by atoms with E-state index in [1.54, 1.807) is 6.92 Å². The molecule has 1 heterocycles. The van der Waals surface area contributed by atoms with E-state index in [-0.39, 0.29) is 0 Å². The van der Waals surface area contributed by atoms with Crippen LogP contribution in [-0.2, 0) is 4.79 Å². The first-order valence-electron chi connectivity index (χ1n) is 3.01. The molecule has 1 aromatic heterocycles. The Labute approximate surface area is 63.8 Å². The summed E-state index contributed by atoms with van der Waals surface area (Å²) in [5, 5.41) is 6.36. The average Bonchev–Trinajstić information content (AvgIpc) is 2.29. The molecule has 0 radical (unpaired) electrons. The summed E-state index contributed by atoms with van der Waals surface area (Å²) in [7, 11) is 0. The highest BCUT2D eigenvalue weighted by Gasteiger charge is 2.01. The SMILES string of the molecule is Cc1[nH]nc(N)c1C#CC=O. The molecule has 4 nitrogen and oxygen atoms in total. The van der Waals surface area contributed by atoms with Gasteiger partial charge in [0.2, 0.25) is 0 Å². The van der Waals surface area contributed by atoms with Crippen LogP contribution in [0.2, 0.25) is 0 Å². The van der Waals surface area contributed by atoms with Crippen LogP contribution in [-0.4, -0.2) is 16.5 Å². The number of H-pyrrole nitrogens is 1. The summed E-state index contributed by atoms with van der Waals surface area (Å²) in [5.41, 5.74) is 6.79. The lowest BCUT2D eigenvalue weighted by Gasteiger charge is -1.84. The Morgan fingerprint density at radius 1 is 1.73 bits per heavy atom. The molecule has 1 rings (SSSR count). The van der Waals surface area contributed by atoms with Crippen molar-refractivity contribution in [3.63, 3.8) is 0 Å². The van der Waals surface area contributed by atoms with Gasteiger partial charge in [0, 0.05) is 5.69 Å². The molecule has 0 bridgehead atoms. The fourth-order valence-electron chi connectivity index (χ4n) is 0.707. The zero-order chi connectivity index (χ0) is 8.27. The maximum Gasteiger partial charge on any atom is 0.193 e. The summed E-state index contributed by atoms with van der Waals surface area (Å²) in [4.78, 5) is 9.88. The van der Waals surface area contributed by atoms with Crippen LogP contribution in [0.25, 0.3) is 0 Å². The highest BCUT2D eigenvalue weighted by molar-refractivity contribution is 5.75. The molecule has 0 aromatic carbocycles. The second-order valence-corrected chi connectivity index (χ2v) is 2.00. The lowest BCUT2D eigenvalue weighted by Crippen LogP contribution is -1.87. The minimum Gasteiger partial charge on any atom is -0.381 e. The number of aryl methyl sites for hydroxylation is 1. The summed E-state index contributed by atoms with van der Waals surface area (Å²) in [6, 6.07) is 0. The van der Waals surface area contributed by atoms with Crippen LogP contribution in [0.3, 0.4) is 0 Å². The first-order chi connectivity index (χ1) is 5.25. The van der Waals surface area contributed by atoms with Gasteiger partial charge < -0.3 is 5.73 Å². The van der Waals surface area contributed by atoms with Crippen LogP contribution < -0.4 is 5.73 Å².